The van der Waals surface area contributed by atoms with E-state index in [4.69, 9.17) is 11.6 Å². The van der Waals surface area contributed by atoms with E-state index >= 15 is 0 Å². The fraction of sp³-hybridized carbons (Fsp3) is 0.250. The van der Waals surface area contributed by atoms with Crippen LogP contribution in [0.25, 0.3) is 16.0 Å². The third kappa shape index (κ3) is 3.80. The molecule has 0 saturated heterocycles. The number of rotatable bonds is 4. The molecule has 0 amide bonds. The Morgan fingerprint density at radius 1 is 1.43 bits per heavy atom. The van der Waals surface area contributed by atoms with Gasteiger partial charge < -0.3 is 9.90 Å². The van der Waals surface area contributed by atoms with Gasteiger partial charge in [0.05, 0.1) is 17.2 Å². The average molecular weight is 357 g/mol. The zero-order valence-corrected chi connectivity index (χ0v) is 16.7. The predicted octanol–water partition coefficient (Wildman–Crippen LogP) is 0.306. The molecule has 3 rings (SSSR count). The van der Waals surface area contributed by atoms with Gasteiger partial charge in [0, 0.05) is 22.0 Å². The molecule has 4 nitrogen and oxygen atoms in total. The van der Waals surface area contributed by atoms with Crippen LogP contribution in [0.1, 0.15) is 29.9 Å². The number of carbonyl (C=O) groups excluding carboxylic acids is 1. The van der Waals surface area contributed by atoms with Crippen molar-refractivity contribution in [2.75, 3.05) is 0 Å². The van der Waals surface area contributed by atoms with E-state index in [1.165, 1.54) is 22.3 Å². The molecule has 7 heteroatoms. The summed E-state index contributed by atoms with van der Waals surface area (Å²) in [6, 6.07) is 5.74. The van der Waals surface area contributed by atoms with E-state index in [1.807, 2.05) is 29.0 Å². The van der Waals surface area contributed by atoms with Gasteiger partial charge in [-0.3, -0.25) is 4.57 Å². The Balaban J connectivity index is 0.00000192. The van der Waals surface area contributed by atoms with Crippen LogP contribution in [-0.4, -0.2) is 15.5 Å². The van der Waals surface area contributed by atoms with Gasteiger partial charge in [-0.2, -0.15) is 0 Å². The van der Waals surface area contributed by atoms with Crippen molar-refractivity contribution in [3.05, 3.63) is 46.1 Å². The van der Waals surface area contributed by atoms with Crippen molar-refractivity contribution in [1.29, 1.82) is 0 Å². The second-order valence-corrected chi connectivity index (χ2v) is 6.86. The van der Waals surface area contributed by atoms with Crippen LogP contribution in [0.4, 0.5) is 0 Å². The standard InChI is InChI=1S/C16H15ClN2O2S.Na/c1-9(2)5-10-7-19(14-6-11(17)3-4-12(10)14)16-18-13(8-22-16)15(20)21;/h3-4,6-9H,5H2,1-2H3,(H,20,21);/q;+1/p-1. The van der Waals surface area contributed by atoms with Crippen LogP contribution < -0.4 is 34.7 Å². The monoisotopic (exact) mass is 356 g/mol. The number of hydrogen-bond donors (Lipinski definition) is 0. The predicted molar refractivity (Wildman–Crippen MR) is 86.8 cm³/mol. The van der Waals surface area contributed by atoms with Crippen molar-refractivity contribution in [1.82, 2.24) is 9.55 Å². The normalized spacial score (nSPS) is 11.0. The van der Waals surface area contributed by atoms with Crippen molar-refractivity contribution in [3.63, 3.8) is 0 Å². The Morgan fingerprint density at radius 3 is 2.78 bits per heavy atom. The summed E-state index contributed by atoms with van der Waals surface area (Å²) in [5.41, 5.74) is 2.09. The molecule has 114 valence electrons. The summed E-state index contributed by atoms with van der Waals surface area (Å²) >= 11 is 7.39. The smallest absolute Gasteiger partial charge is 0.543 e. The van der Waals surface area contributed by atoms with Crippen LogP contribution in [0.3, 0.4) is 0 Å². The fourth-order valence-electron chi connectivity index (χ4n) is 2.50. The molecular formula is C16H14ClN2NaO2S. The van der Waals surface area contributed by atoms with E-state index < -0.39 is 5.97 Å². The number of hydrogen-bond acceptors (Lipinski definition) is 4. The maximum Gasteiger partial charge on any atom is 1.00 e. The van der Waals surface area contributed by atoms with Crippen LogP contribution in [0, 0.1) is 5.92 Å². The molecule has 0 unspecified atom stereocenters. The molecule has 0 N–H and O–H groups in total. The number of aromatic nitrogens is 2. The average Bonchev–Trinajstić information content (AvgIpc) is 3.03. The summed E-state index contributed by atoms with van der Waals surface area (Å²) in [6.07, 6.45) is 2.95. The number of carboxylic acid groups (broad SMARTS) is 1. The molecule has 0 aliphatic rings. The quantitative estimate of drug-likeness (QED) is 0.632. The van der Waals surface area contributed by atoms with E-state index in [-0.39, 0.29) is 35.3 Å². The van der Waals surface area contributed by atoms with E-state index in [1.54, 1.807) is 0 Å². The maximum atomic E-state index is 10.9. The third-order valence-electron chi connectivity index (χ3n) is 3.39. The van der Waals surface area contributed by atoms with Crippen LogP contribution >= 0.6 is 22.9 Å². The molecule has 0 radical (unpaired) electrons. The number of benzene rings is 1. The Hall–Kier alpha value is -0.850. The third-order valence-corrected chi connectivity index (χ3v) is 4.46. The number of carbonyl (C=O) groups is 1. The number of thiazole rings is 1. The molecule has 0 bridgehead atoms. The van der Waals surface area contributed by atoms with E-state index in [0.717, 1.165) is 17.3 Å². The molecule has 0 aliphatic heterocycles. The van der Waals surface area contributed by atoms with Crippen LogP contribution in [0.5, 0.6) is 0 Å². The molecule has 3 aromatic rings. The first-order chi connectivity index (χ1) is 10.5. The summed E-state index contributed by atoms with van der Waals surface area (Å²) < 4.78 is 1.90. The summed E-state index contributed by atoms with van der Waals surface area (Å²) in [7, 11) is 0. The second-order valence-electron chi connectivity index (χ2n) is 5.59. The molecule has 0 fully saturated rings. The van der Waals surface area contributed by atoms with Gasteiger partial charge in [-0.05, 0) is 30.0 Å². The van der Waals surface area contributed by atoms with Crippen LogP contribution in [0.2, 0.25) is 5.02 Å². The molecular weight excluding hydrogens is 343 g/mol. The fourth-order valence-corrected chi connectivity index (χ4v) is 3.45. The van der Waals surface area contributed by atoms with Crippen molar-refractivity contribution >= 4 is 39.8 Å². The zero-order chi connectivity index (χ0) is 15.9. The van der Waals surface area contributed by atoms with Crippen molar-refractivity contribution < 1.29 is 39.5 Å². The summed E-state index contributed by atoms with van der Waals surface area (Å²) in [6.45, 7) is 4.33. The molecule has 23 heavy (non-hydrogen) atoms. The minimum atomic E-state index is -1.26. The van der Waals surface area contributed by atoms with Gasteiger partial charge in [0.2, 0.25) is 0 Å². The SMILES string of the molecule is CC(C)Cc1cn(-c2nc(C(=O)[O-])cs2)c2cc(Cl)ccc12.[Na+]. The van der Waals surface area contributed by atoms with Crippen molar-refractivity contribution in [2.45, 2.75) is 20.3 Å². The number of halogens is 1. The van der Waals surface area contributed by atoms with Crippen molar-refractivity contribution in [2.24, 2.45) is 5.92 Å². The van der Waals surface area contributed by atoms with Gasteiger partial charge in [0.25, 0.3) is 0 Å². The second kappa shape index (κ2) is 7.36. The molecule has 0 aliphatic carbocycles. The first-order valence-corrected chi connectivity index (χ1v) is 8.18. The van der Waals surface area contributed by atoms with Crippen molar-refractivity contribution in [3.8, 4) is 5.13 Å². The molecule has 2 aromatic heterocycles. The summed E-state index contributed by atoms with van der Waals surface area (Å²) in [4.78, 5) is 15.0. The molecule has 0 saturated carbocycles. The molecule has 2 heterocycles. The first kappa shape index (κ1) is 18.5. The molecule has 0 atom stereocenters. The van der Waals surface area contributed by atoms with E-state index in [9.17, 15) is 9.90 Å². The Labute approximate surface area is 165 Å². The minimum absolute atomic E-state index is 0. The summed E-state index contributed by atoms with van der Waals surface area (Å²) in [5.74, 6) is -0.746. The van der Waals surface area contributed by atoms with Gasteiger partial charge in [-0.25, -0.2) is 4.98 Å². The Kier molecular flexibility index (Phi) is 5.92. The van der Waals surface area contributed by atoms with Crippen LogP contribution in [0.15, 0.2) is 29.8 Å². The number of fused-ring (bicyclic) bond motifs is 1. The van der Waals surface area contributed by atoms with Gasteiger partial charge >= 0.3 is 29.6 Å². The Morgan fingerprint density at radius 2 is 2.17 bits per heavy atom. The van der Waals surface area contributed by atoms with Gasteiger partial charge in [-0.15, -0.1) is 11.3 Å². The topological polar surface area (TPSA) is 58.0 Å². The maximum absolute atomic E-state index is 10.9. The molecule has 1 aromatic carbocycles. The number of nitrogens with zero attached hydrogens (tertiary/aromatic N) is 2. The number of carboxylic acids is 1. The van der Waals surface area contributed by atoms with E-state index in [0.29, 0.717) is 16.1 Å². The van der Waals surface area contributed by atoms with Gasteiger partial charge in [0.1, 0.15) is 0 Å². The van der Waals surface area contributed by atoms with Crippen LogP contribution in [-0.2, 0) is 6.42 Å². The van der Waals surface area contributed by atoms with Gasteiger partial charge in [-0.1, -0.05) is 31.5 Å². The summed E-state index contributed by atoms with van der Waals surface area (Å²) in [5, 5.41) is 14.8. The first-order valence-electron chi connectivity index (χ1n) is 6.92. The zero-order valence-electron chi connectivity index (χ0n) is 13.2. The molecule has 0 spiro atoms. The van der Waals surface area contributed by atoms with Gasteiger partial charge in [0.15, 0.2) is 5.13 Å². The minimum Gasteiger partial charge on any atom is -0.543 e. The Bertz CT molecular complexity index is 857. The largest absolute Gasteiger partial charge is 1.00 e. The number of aromatic carboxylic acids is 1. The van der Waals surface area contributed by atoms with E-state index in [2.05, 4.69) is 18.8 Å².